The van der Waals surface area contributed by atoms with Crippen molar-refractivity contribution < 1.29 is 32.2 Å². The molecule has 0 radical (unpaired) electrons. The van der Waals surface area contributed by atoms with Gasteiger partial charge in [0.2, 0.25) is 0 Å². The van der Waals surface area contributed by atoms with Crippen LogP contribution in [0.3, 0.4) is 0 Å². The molecule has 0 amide bonds. The first-order valence-electron chi connectivity index (χ1n) is 10.3. The van der Waals surface area contributed by atoms with Crippen molar-refractivity contribution in [1.82, 2.24) is 4.98 Å². The fourth-order valence-electron chi connectivity index (χ4n) is 3.91. The number of hydrogen-bond donors (Lipinski definition) is 1. The Morgan fingerprint density at radius 2 is 1.82 bits per heavy atom. The maximum atomic E-state index is 14.3. The number of alkyl halides is 3. The predicted octanol–water partition coefficient (Wildman–Crippen LogP) is 7.37. The van der Waals surface area contributed by atoms with Crippen LogP contribution in [0.15, 0.2) is 59.1 Å². The van der Waals surface area contributed by atoms with E-state index in [-0.39, 0.29) is 17.9 Å². The molecule has 0 spiro atoms. The normalized spacial score (nSPS) is 13.9. The van der Waals surface area contributed by atoms with Crippen LogP contribution >= 0.6 is 15.9 Å². The van der Waals surface area contributed by atoms with Crippen LogP contribution in [0.5, 0.6) is 5.75 Å². The minimum atomic E-state index is -4.63. The van der Waals surface area contributed by atoms with Gasteiger partial charge in [-0.05, 0) is 72.9 Å². The van der Waals surface area contributed by atoms with Crippen LogP contribution in [0.2, 0.25) is 0 Å². The molecule has 3 aromatic rings. The van der Waals surface area contributed by atoms with Crippen LogP contribution in [0.4, 0.5) is 17.6 Å². The number of benzene rings is 2. The third-order valence-electron chi connectivity index (χ3n) is 5.53. The molecule has 0 saturated carbocycles. The van der Waals surface area contributed by atoms with Crippen molar-refractivity contribution in [2.45, 2.75) is 32.0 Å². The molecular weight excluding hydrogens is 518 g/mol. The van der Waals surface area contributed by atoms with Crippen LogP contribution in [0.1, 0.15) is 52.1 Å². The summed E-state index contributed by atoms with van der Waals surface area (Å²) in [4.78, 5) is 15.6. The number of nitrogens with zero attached hydrogens (tertiary/aromatic N) is 1. The Balaban J connectivity index is 1.67. The SMILES string of the molecule is O=C(O)c1cccc(C2=C(c3cc(Br)ccc3OCc3ccc(C(F)(F)F)cc3F)CCC2)n1. The number of pyridine rings is 1. The van der Waals surface area contributed by atoms with E-state index in [4.69, 9.17) is 4.74 Å². The van der Waals surface area contributed by atoms with Crippen molar-refractivity contribution in [2.75, 3.05) is 0 Å². The van der Waals surface area contributed by atoms with Crippen molar-refractivity contribution in [3.63, 3.8) is 0 Å². The smallest absolute Gasteiger partial charge is 0.416 e. The molecule has 34 heavy (non-hydrogen) atoms. The molecule has 1 heterocycles. The van der Waals surface area contributed by atoms with Crippen molar-refractivity contribution in [3.05, 3.63) is 93.0 Å². The zero-order valence-electron chi connectivity index (χ0n) is 17.6. The van der Waals surface area contributed by atoms with Gasteiger partial charge in [-0.1, -0.05) is 28.1 Å². The van der Waals surface area contributed by atoms with Crippen LogP contribution in [-0.2, 0) is 12.8 Å². The number of carboxylic acid groups (broad SMARTS) is 1. The van der Waals surface area contributed by atoms with Crippen molar-refractivity contribution in [1.29, 1.82) is 0 Å². The van der Waals surface area contributed by atoms with Gasteiger partial charge in [-0.25, -0.2) is 14.2 Å². The summed E-state index contributed by atoms with van der Waals surface area (Å²) in [6.45, 7) is -0.256. The number of halogens is 5. The number of aromatic carboxylic acids is 1. The van der Waals surface area contributed by atoms with Crippen LogP contribution in [0, 0.1) is 5.82 Å². The lowest BCUT2D eigenvalue weighted by molar-refractivity contribution is -0.137. The summed E-state index contributed by atoms with van der Waals surface area (Å²) in [6.07, 6.45) is -2.39. The van der Waals surface area contributed by atoms with E-state index in [1.54, 1.807) is 24.3 Å². The summed E-state index contributed by atoms with van der Waals surface area (Å²) < 4.78 is 59.4. The highest BCUT2D eigenvalue weighted by Gasteiger charge is 2.31. The van der Waals surface area contributed by atoms with Crippen molar-refractivity contribution in [2.24, 2.45) is 0 Å². The monoisotopic (exact) mass is 535 g/mol. The van der Waals surface area contributed by atoms with E-state index in [0.717, 1.165) is 39.7 Å². The molecule has 4 nitrogen and oxygen atoms in total. The first kappa shape index (κ1) is 23.9. The zero-order valence-corrected chi connectivity index (χ0v) is 19.2. The summed E-state index contributed by atoms with van der Waals surface area (Å²) in [5.41, 5.74) is 2.00. The van der Waals surface area contributed by atoms with Crippen LogP contribution in [-0.4, -0.2) is 16.1 Å². The Kier molecular flexibility index (Phi) is 6.74. The standard InChI is InChI=1S/C25H18BrF4NO3/c26-16-9-10-23(34-13-14-7-8-15(11-20(14)27)25(28,29)30)19(12-16)17-3-1-4-18(17)21-5-2-6-22(31-21)24(32)33/h2,5-12H,1,3-4,13H2,(H,32,33). The lowest BCUT2D eigenvalue weighted by Gasteiger charge is -2.16. The van der Waals surface area contributed by atoms with Gasteiger partial charge < -0.3 is 9.84 Å². The second kappa shape index (κ2) is 9.58. The number of hydrogen-bond acceptors (Lipinski definition) is 3. The molecular formula is C25H18BrF4NO3. The second-order valence-electron chi connectivity index (χ2n) is 7.76. The zero-order chi connectivity index (χ0) is 24.5. The van der Waals surface area contributed by atoms with Crippen molar-refractivity contribution in [3.8, 4) is 5.75 Å². The van der Waals surface area contributed by atoms with E-state index < -0.39 is 23.5 Å². The Labute approximate surface area is 201 Å². The quantitative estimate of drug-likeness (QED) is 0.334. The highest BCUT2D eigenvalue weighted by atomic mass is 79.9. The fraction of sp³-hybridized carbons (Fsp3) is 0.200. The van der Waals surface area contributed by atoms with Gasteiger partial charge in [0.05, 0.1) is 11.3 Å². The maximum Gasteiger partial charge on any atom is 0.416 e. The third kappa shape index (κ3) is 5.14. The second-order valence-corrected chi connectivity index (χ2v) is 8.67. The number of rotatable bonds is 6. The van der Waals surface area contributed by atoms with Gasteiger partial charge in [0, 0.05) is 15.6 Å². The van der Waals surface area contributed by atoms with E-state index in [0.29, 0.717) is 30.4 Å². The molecule has 176 valence electrons. The number of carbonyl (C=O) groups is 1. The number of aromatic nitrogens is 1. The number of allylic oxidation sites excluding steroid dienone is 2. The van der Waals surface area contributed by atoms with Gasteiger partial charge in [-0.3, -0.25) is 0 Å². The fourth-order valence-corrected chi connectivity index (χ4v) is 4.27. The Morgan fingerprint density at radius 3 is 2.53 bits per heavy atom. The van der Waals surface area contributed by atoms with Gasteiger partial charge in [-0.15, -0.1) is 0 Å². The molecule has 9 heteroatoms. The molecule has 1 N–H and O–H groups in total. The number of ether oxygens (including phenoxy) is 1. The lowest BCUT2D eigenvalue weighted by Crippen LogP contribution is -2.07. The molecule has 1 aliphatic rings. The van der Waals surface area contributed by atoms with Crippen molar-refractivity contribution >= 4 is 33.0 Å². The lowest BCUT2D eigenvalue weighted by atomic mass is 9.99. The van der Waals surface area contributed by atoms with Gasteiger partial charge in [-0.2, -0.15) is 13.2 Å². The Bertz CT molecular complexity index is 1290. The number of carboxylic acids is 1. The van der Waals surface area contributed by atoms with E-state index >= 15 is 0 Å². The summed E-state index contributed by atoms with van der Waals surface area (Å²) in [5, 5.41) is 9.28. The molecule has 1 aliphatic carbocycles. The summed E-state index contributed by atoms with van der Waals surface area (Å²) in [5.74, 6) is -1.68. The van der Waals surface area contributed by atoms with Gasteiger partial charge >= 0.3 is 12.1 Å². The summed E-state index contributed by atoms with van der Waals surface area (Å²) >= 11 is 3.45. The first-order valence-corrected chi connectivity index (χ1v) is 11.1. The molecule has 0 saturated heterocycles. The molecule has 1 aromatic heterocycles. The van der Waals surface area contributed by atoms with Crippen LogP contribution < -0.4 is 4.74 Å². The molecule has 0 atom stereocenters. The van der Waals surface area contributed by atoms with E-state index in [2.05, 4.69) is 20.9 Å². The minimum Gasteiger partial charge on any atom is -0.488 e. The first-order chi connectivity index (χ1) is 16.1. The Morgan fingerprint density at radius 1 is 1.06 bits per heavy atom. The molecule has 2 aromatic carbocycles. The van der Waals surface area contributed by atoms with Gasteiger partial charge in [0.1, 0.15) is 23.9 Å². The molecule has 0 bridgehead atoms. The topological polar surface area (TPSA) is 59.4 Å². The third-order valence-corrected chi connectivity index (χ3v) is 6.02. The molecule has 0 fully saturated rings. The Hall–Kier alpha value is -3.20. The maximum absolute atomic E-state index is 14.3. The average molecular weight is 536 g/mol. The highest BCUT2D eigenvalue weighted by molar-refractivity contribution is 9.10. The van der Waals surface area contributed by atoms with E-state index in [9.17, 15) is 27.5 Å². The summed E-state index contributed by atoms with van der Waals surface area (Å²) in [6, 6.07) is 12.5. The predicted molar refractivity (Wildman–Crippen MR) is 122 cm³/mol. The van der Waals surface area contributed by atoms with Gasteiger partial charge in [0.15, 0.2) is 0 Å². The van der Waals surface area contributed by atoms with Gasteiger partial charge in [0.25, 0.3) is 0 Å². The molecule has 0 unspecified atom stereocenters. The van der Waals surface area contributed by atoms with E-state index in [1.165, 1.54) is 6.07 Å². The largest absolute Gasteiger partial charge is 0.488 e. The molecule has 0 aliphatic heterocycles. The minimum absolute atomic E-state index is 0.00156. The van der Waals surface area contributed by atoms with E-state index in [1.807, 2.05) is 6.07 Å². The summed E-state index contributed by atoms with van der Waals surface area (Å²) in [7, 11) is 0. The average Bonchev–Trinajstić information content (AvgIpc) is 3.28. The highest BCUT2D eigenvalue weighted by Crippen LogP contribution is 2.43. The molecule has 4 rings (SSSR count). The van der Waals surface area contributed by atoms with Crippen LogP contribution in [0.25, 0.3) is 11.1 Å².